The minimum Gasteiger partial charge on any atom is -0.390 e. The van der Waals surface area contributed by atoms with Gasteiger partial charge >= 0.3 is 0 Å². The van der Waals surface area contributed by atoms with E-state index in [0.717, 1.165) is 6.07 Å². The molecule has 5 nitrogen and oxygen atoms in total. The van der Waals surface area contributed by atoms with E-state index in [1.54, 1.807) is 0 Å². The average molecular weight is 228 g/mol. The second-order valence-electron chi connectivity index (χ2n) is 3.49. The molecule has 0 aliphatic rings. The van der Waals surface area contributed by atoms with E-state index >= 15 is 0 Å². The molecule has 0 aliphatic heterocycles. The van der Waals surface area contributed by atoms with Gasteiger partial charge in [0.05, 0.1) is 12.5 Å². The Hall–Kier alpha value is -1.53. The maximum atomic E-state index is 12.7. The third-order valence-electron chi connectivity index (χ3n) is 2.19. The predicted octanol–water partition coefficient (Wildman–Crippen LogP) is -0.201. The number of halogens is 1. The van der Waals surface area contributed by atoms with Crippen molar-refractivity contribution < 1.29 is 19.4 Å². The molecule has 6 heteroatoms. The lowest BCUT2D eigenvalue weighted by Crippen LogP contribution is -2.26. The third kappa shape index (κ3) is 2.98. The van der Waals surface area contributed by atoms with Gasteiger partial charge in [-0.3, -0.25) is 4.79 Å². The van der Waals surface area contributed by atoms with E-state index in [4.69, 9.17) is 5.73 Å². The first-order valence-corrected chi connectivity index (χ1v) is 4.69. The van der Waals surface area contributed by atoms with Gasteiger partial charge in [0.1, 0.15) is 6.10 Å². The van der Waals surface area contributed by atoms with Crippen molar-refractivity contribution in [1.29, 1.82) is 0 Å². The van der Waals surface area contributed by atoms with Crippen LogP contribution in [-0.2, 0) is 4.79 Å². The van der Waals surface area contributed by atoms with Crippen LogP contribution in [0.25, 0.3) is 0 Å². The smallest absolute Gasteiger partial charge is 0.220 e. The molecule has 0 bridgehead atoms. The highest BCUT2D eigenvalue weighted by atomic mass is 19.1. The number of aromatic nitrogens is 1. The lowest BCUT2D eigenvalue weighted by molar-refractivity contribution is -0.121. The number of hydrogen-bond donors (Lipinski definition) is 3. The molecule has 0 radical (unpaired) electrons. The van der Waals surface area contributed by atoms with Crippen LogP contribution in [0, 0.1) is 12.9 Å². The van der Waals surface area contributed by atoms with Gasteiger partial charge in [-0.1, -0.05) is 0 Å². The van der Waals surface area contributed by atoms with Crippen molar-refractivity contribution in [2.75, 3.05) is 0 Å². The summed E-state index contributed by atoms with van der Waals surface area (Å²) in [4.78, 5) is 14.1. The number of aliphatic hydroxyl groups is 2. The van der Waals surface area contributed by atoms with Crippen molar-refractivity contribution in [3.05, 3.63) is 29.3 Å². The number of primary amides is 1. The summed E-state index contributed by atoms with van der Waals surface area (Å²) in [5.74, 6) is -1.39. The number of hydrogen-bond acceptors (Lipinski definition) is 4. The lowest BCUT2D eigenvalue weighted by atomic mass is 10.0. The van der Waals surface area contributed by atoms with E-state index in [-0.39, 0.29) is 17.7 Å². The second-order valence-corrected chi connectivity index (χ2v) is 3.49. The Bertz CT molecular complexity index is 398. The van der Waals surface area contributed by atoms with Crippen LogP contribution in [0.4, 0.5) is 4.39 Å². The summed E-state index contributed by atoms with van der Waals surface area (Å²) in [7, 11) is 0. The highest BCUT2D eigenvalue weighted by molar-refractivity contribution is 5.74. The van der Waals surface area contributed by atoms with Crippen molar-refractivity contribution in [3.63, 3.8) is 0 Å². The zero-order valence-corrected chi connectivity index (χ0v) is 8.72. The standard InChI is InChI=1S/C10H13FN2O3/c1-5-6(2-3-8(11)13-5)10(16)7(14)4-9(12)15/h2-3,7,10,14,16H,4H2,1H3,(H2,12,15). The summed E-state index contributed by atoms with van der Waals surface area (Å²) >= 11 is 0. The Balaban J connectivity index is 2.87. The topological polar surface area (TPSA) is 96.4 Å². The Morgan fingerprint density at radius 2 is 2.19 bits per heavy atom. The molecule has 1 heterocycles. The van der Waals surface area contributed by atoms with E-state index in [1.807, 2.05) is 0 Å². The first-order chi connectivity index (χ1) is 7.41. The molecule has 0 saturated carbocycles. The van der Waals surface area contributed by atoms with E-state index in [0.29, 0.717) is 0 Å². The lowest BCUT2D eigenvalue weighted by Gasteiger charge is -2.18. The minimum absolute atomic E-state index is 0.260. The van der Waals surface area contributed by atoms with Gasteiger partial charge in [-0.25, -0.2) is 4.98 Å². The van der Waals surface area contributed by atoms with Gasteiger partial charge in [0.2, 0.25) is 11.9 Å². The zero-order valence-electron chi connectivity index (χ0n) is 8.72. The summed E-state index contributed by atoms with van der Waals surface area (Å²) in [6.07, 6.45) is -2.98. The predicted molar refractivity (Wildman–Crippen MR) is 53.7 cm³/mol. The Kier molecular flexibility index (Phi) is 3.92. The Morgan fingerprint density at radius 3 is 2.69 bits per heavy atom. The third-order valence-corrected chi connectivity index (χ3v) is 2.19. The summed E-state index contributed by atoms with van der Waals surface area (Å²) in [5, 5.41) is 19.2. The summed E-state index contributed by atoms with van der Waals surface area (Å²) < 4.78 is 12.7. The number of pyridine rings is 1. The van der Waals surface area contributed by atoms with Crippen LogP contribution in [0.1, 0.15) is 23.8 Å². The molecule has 0 spiro atoms. The van der Waals surface area contributed by atoms with Crippen LogP contribution in [-0.4, -0.2) is 27.2 Å². The van der Waals surface area contributed by atoms with E-state index in [2.05, 4.69) is 4.98 Å². The van der Waals surface area contributed by atoms with Crippen LogP contribution in [0.3, 0.4) is 0 Å². The van der Waals surface area contributed by atoms with Gasteiger partial charge in [0.15, 0.2) is 0 Å². The second kappa shape index (κ2) is 5.00. The van der Waals surface area contributed by atoms with Gasteiger partial charge in [0, 0.05) is 11.3 Å². The number of aryl methyl sites for hydroxylation is 1. The first kappa shape index (κ1) is 12.5. The number of aliphatic hydroxyl groups excluding tert-OH is 2. The van der Waals surface area contributed by atoms with Crippen LogP contribution in [0.15, 0.2) is 12.1 Å². The van der Waals surface area contributed by atoms with Crippen molar-refractivity contribution >= 4 is 5.91 Å². The molecular weight excluding hydrogens is 215 g/mol. The van der Waals surface area contributed by atoms with Crippen LogP contribution >= 0.6 is 0 Å². The highest BCUT2D eigenvalue weighted by Gasteiger charge is 2.22. The SMILES string of the molecule is Cc1nc(F)ccc1C(O)C(O)CC(N)=O. The Labute approximate surface area is 91.7 Å². The molecule has 0 fully saturated rings. The number of rotatable bonds is 4. The molecule has 0 aromatic carbocycles. The maximum absolute atomic E-state index is 12.7. The van der Waals surface area contributed by atoms with Crippen molar-refractivity contribution in [2.45, 2.75) is 25.6 Å². The zero-order chi connectivity index (χ0) is 12.3. The van der Waals surface area contributed by atoms with Gasteiger partial charge in [0.25, 0.3) is 0 Å². The Morgan fingerprint density at radius 1 is 1.56 bits per heavy atom. The molecule has 2 unspecified atom stereocenters. The van der Waals surface area contributed by atoms with E-state index in [9.17, 15) is 19.4 Å². The molecule has 88 valence electrons. The van der Waals surface area contributed by atoms with Crippen LogP contribution < -0.4 is 5.73 Å². The molecule has 2 atom stereocenters. The number of carbonyl (C=O) groups is 1. The summed E-state index contributed by atoms with van der Waals surface area (Å²) in [6.45, 7) is 1.50. The fourth-order valence-electron chi connectivity index (χ4n) is 1.38. The fourth-order valence-corrected chi connectivity index (χ4v) is 1.38. The van der Waals surface area contributed by atoms with Crippen molar-refractivity contribution in [3.8, 4) is 0 Å². The number of nitrogens with zero attached hydrogens (tertiary/aromatic N) is 1. The summed E-state index contributed by atoms with van der Waals surface area (Å²) in [6, 6.07) is 2.38. The van der Waals surface area contributed by atoms with E-state index in [1.165, 1.54) is 13.0 Å². The fraction of sp³-hybridized carbons (Fsp3) is 0.400. The van der Waals surface area contributed by atoms with Gasteiger partial charge in [-0.2, -0.15) is 4.39 Å². The molecule has 0 saturated heterocycles. The molecule has 1 aromatic heterocycles. The maximum Gasteiger partial charge on any atom is 0.220 e. The first-order valence-electron chi connectivity index (χ1n) is 4.69. The monoisotopic (exact) mass is 228 g/mol. The molecule has 4 N–H and O–H groups in total. The van der Waals surface area contributed by atoms with Gasteiger partial charge in [-0.05, 0) is 19.1 Å². The molecular formula is C10H13FN2O3. The van der Waals surface area contributed by atoms with E-state index < -0.39 is 24.1 Å². The van der Waals surface area contributed by atoms with Crippen molar-refractivity contribution in [2.24, 2.45) is 5.73 Å². The number of carbonyl (C=O) groups excluding carboxylic acids is 1. The van der Waals surface area contributed by atoms with Crippen LogP contribution in [0.2, 0.25) is 0 Å². The van der Waals surface area contributed by atoms with Gasteiger partial charge in [-0.15, -0.1) is 0 Å². The molecule has 1 amide bonds. The average Bonchev–Trinajstić information content (AvgIpc) is 2.15. The molecule has 1 rings (SSSR count). The largest absolute Gasteiger partial charge is 0.390 e. The summed E-state index contributed by atoms with van der Waals surface area (Å²) in [5.41, 5.74) is 5.42. The molecule has 16 heavy (non-hydrogen) atoms. The minimum atomic E-state index is -1.32. The number of amides is 1. The quantitative estimate of drug-likeness (QED) is 0.622. The molecule has 1 aromatic rings. The van der Waals surface area contributed by atoms with Gasteiger partial charge < -0.3 is 15.9 Å². The number of nitrogens with two attached hydrogens (primary N) is 1. The highest BCUT2D eigenvalue weighted by Crippen LogP contribution is 2.21. The normalized spacial score (nSPS) is 14.5. The van der Waals surface area contributed by atoms with Crippen molar-refractivity contribution in [1.82, 2.24) is 4.98 Å². The molecule has 0 aliphatic carbocycles. The van der Waals surface area contributed by atoms with Crippen LogP contribution in [0.5, 0.6) is 0 Å².